The van der Waals surface area contributed by atoms with Gasteiger partial charge in [-0.25, -0.2) is 0 Å². The van der Waals surface area contributed by atoms with Crippen molar-refractivity contribution in [1.29, 1.82) is 0 Å². The SMILES string of the molecule is C[C@H](NC(=O)CSc1nnnn1-c1ccc(Cl)cc1)c1cccs1. The van der Waals surface area contributed by atoms with E-state index < -0.39 is 0 Å². The number of benzene rings is 1. The summed E-state index contributed by atoms with van der Waals surface area (Å²) in [5.41, 5.74) is 0.791. The van der Waals surface area contributed by atoms with Crippen molar-refractivity contribution in [2.24, 2.45) is 0 Å². The number of carbonyl (C=O) groups excluding carboxylic acids is 1. The Hall–Kier alpha value is -1.90. The predicted octanol–water partition coefficient (Wildman–Crippen LogP) is 3.35. The molecule has 3 rings (SSSR count). The fourth-order valence-corrected chi connectivity index (χ4v) is 3.60. The highest BCUT2D eigenvalue weighted by molar-refractivity contribution is 7.99. The van der Waals surface area contributed by atoms with E-state index in [1.54, 1.807) is 28.2 Å². The first-order valence-electron chi connectivity index (χ1n) is 7.13. The monoisotopic (exact) mass is 379 g/mol. The van der Waals surface area contributed by atoms with Crippen LogP contribution in [0.4, 0.5) is 0 Å². The largest absolute Gasteiger partial charge is 0.348 e. The van der Waals surface area contributed by atoms with Crippen LogP contribution in [0, 0.1) is 0 Å². The molecule has 0 spiro atoms. The number of carbonyl (C=O) groups is 1. The van der Waals surface area contributed by atoms with E-state index >= 15 is 0 Å². The number of nitrogens with one attached hydrogen (secondary N) is 1. The topological polar surface area (TPSA) is 72.7 Å². The van der Waals surface area contributed by atoms with E-state index in [4.69, 9.17) is 11.6 Å². The molecule has 2 heterocycles. The average molecular weight is 380 g/mol. The second-order valence-electron chi connectivity index (χ2n) is 4.94. The molecule has 1 N–H and O–H groups in total. The van der Waals surface area contributed by atoms with Crippen LogP contribution >= 0.6 is 34.7 Å². The van der Waals surface area contributed by atoms with Crippen molar-refractivity contribution < 1.29 is 4.79 Å². The van der Waals surface area contributed by atoms with E-state index in [9.17, 15) is 4.79 Å². The third kappa shape index (κ3) is 4.14. The number of hydrogen-bond donors (Lipinski definition) is 1. The third-order valence-electron chi connectivity index (χ3n) is 3.19. The molecule has 1 amide bonds. The molecule has 0 radical (unpaired) electrons. The Bertz CT molecular complexity index is 804. The number of hydrogen-bond acceptors (Lipinski definition) is 6. The molecule has 6 nitrogen and oxygen atoms in total. The lowest BCUT2D eigenvalue weighted by atomic mass is 10.3. The van der Waals surface area contributed by atoms with E-state index in [0.29, 0.717) is 10.2 Å². The maximum absolute atomic E-state index is 12.1. The van der Waals surface area contributed by atoms with Gasteiger partial charge in [0.15, 0.2) is 0 Å². The molecule has 0 saturated heterocycles. The lowest BCUT2D eigenvalue weighted by Crippen LogP contribution is -2.27. The van der Waals surface area contributed by atoms with Gasteiger partial charge in [0.05, 0.1) is 17.5 Å². The molecule has 0 bridgehead atoms. The van der Waals surface area contributed by atoms with Crippen LogP contribution < -0.4 is 5.32 Å². The first-order valence-corrected chi connectivity index (χ1v) is 9.37. The standard InChI is InChI=1S/C15H14ClN5OS2/c1-10(13-3-2-8-23-13)17-14(22)9-24-15-18-19-20-21(15)12-6-4-11(16)5-7-12/h2-8,10H,9H2,1H3,(H,17,22)/t10-/m0/s1. The van der Waals surface area contributed by atoms with Gasteiger partial charge in [0.25, 0.3) is 0 Å². The summed E-state index contributed by atoms with van der Waals surface area (Å²) in [7, 11) is 0. The van der Waals surface area contributed by atoms with Crippen LogP contribution in [0.2, 0.25) is 5.02 Å². The second-order valence-corrected chi connectivity index (χ2v) is 7.30. The Balaban J connectivity index is 1.60. The van der Waals surface area contributed by atoms with Crippen molar-refractivity contribution in [2.45, 2.75) is 18.1 Å². The van der Waals surface area contributed by atoms with Crippen LogP contribution in [-0.2, 0) is 4.79 Å². The van der Waals surface area contributed by atoms with Gasteiger partial charge in [0.1, 0.15) is 0 Å². The lowest BCUT2D eigenvalue weighted by molar-refractivity contribution is -0.119. The van der Waals surface area contributed by atoms with Crippen molar-refractivity contribution in [3.63, 3.8) is 0 Å². The molecule has 0 aliphatic carbocycles. The molecule has 124 valence electrons. The van der Waals surface area contributed by atoms with Crippen LogP contribution in [0.1, 0.15) is 17.8 Å². The van der Waals surface area contributed by atoms with Crippen molar-refractivity contribution in [3.8, 4) is 5.69 Å². The van der Waals surface area contributed by atoms with E-state index in [0.717, 1.165) is 10.6 Å². The molecule has 3 aromatic rings. The zero-order valence-corrected chi connectivity index (χ0v) is 15.1. The van der Waals surface area contributed by atoms with Crippen LogP contribution in [0.3, 0.4) is 0 Å². The molecule has 2 aromatic heterocycles. The number of amides is 1. The van der Waals surface area contributed by atoms with Gasteiger partial charge < -0.3 is 5.32 Å². The molecule has 0 aliphatic rings. The summed E-state index contributed by atoms with van der Waals surface area (Å²) >= 11 is 8.79. The summed E-state index contributed by atoms with van der Waals surface area (Å²) < 4.78 is 1.58. The number of rotatable bonds is 6. The van der Waals surface area contributed by atoms with E-state index in [2.05, 4.69) is 20.8 Å². The second kappa shape index (κ2) is 7.78. The van der Waals surface area contributed by atoms with Crippen LogP contribution in [0.5, 0.6) is 0 Å². The van der Waals surface area contributed by atoms with Crippen LogP contribution in [-0.4, -0.2) is 31.9 Å². The maximum atomic E-state index is 12.1. The van der Waals surface area contributed by atoms with Gasteiger partial charge in [-0.1, -0.05) is 29.4 Å². The first kappa shape index (κ1) is 16.9. The van der Waals surface area contributed by atoms with Crippen molar-refractivity contribution in [2.75, 3.05) is 5.75 Å². The smallest absolute Gasteiger partial charge is 0.230 e. The Morgan fingerprint density at radius 1 is 1.38 bits per heavy atom. The predicted molar refractivity (Wildman–Crippen MR) is 95.8 cm³/mol. The van der Waals surface area contributed by atoms with Crippen molar-refractivity contribution in [1.82, 2.24) is 25.5 Å². The number of thioether (sulfide) groups is 1. The number of tetrazole rings is 1. The Morgan fingerprint density at radius 3 is 2.88 bits per heavy atom. The van der Waals surface area contributed by atoms with E-state index in [1.807, 2.05) is 36.6 Å². The Morgan fingerprint density at radius 2 is 2.17 bits per heavy atom. The number of halogens is 1. The van der Waals surface area contributed by atoms with Gasteiger partial charge in [-0.15, -0.1) is 16.4 Å². The van der Waals surface area contributed by atoms with Gasteiger partial charge >= 0.3 is 0 Å². The maximum Gasteiger partial charge on any atom is 0.230 e. The highest BCUT2D eigenvalue weighted by atomic mass is 35.5. The third-order valence-corrected chi connectivity index (χ3v) is 5.42. The molecule has 0 unspecified atom stereocenters. The molecule has 1 aromatic carbocycles. The van der Waals surface area contributed by atoms with Crippen molar-refractivity contribution in [3.05, 3.63) is 51.7 Å². The van der Waals surface area contributed by atoms with Gasteiger partial charge in [0, 0.05) is 9.90 Å². The number of nitrogens with zero attached hydrogens (tertiary/aromatic N) is 4. The summed E-state index contributed by atoms with van der Waals surface area (Å²) in [6.07, 6.45) is 0. The summed E-state index contributed by atoms with van der Waals surface area (Å²) in [6.45, 7) is 1.96. The van der Waals surface area contributed by atoms with Gasteiger partial charge in [-0.05, 0) is 53.1 Å². The molecule has 24 heavy (non-hydrogen) atoms. The fourth-order valence-electron chi connectivity index (χ4n) is 2.04. The van der Waals surface area contributed by atoms with Crippen molar-refractivity contribution >= 4 is 40.6 Å². The number of aromatic nitrogens is 4. The highest BCUT2D eigenvalue weighted by Crippen LogP contribution is 2.21. The van der Waals surface area contributed by atoms with Crippen LogP contribution in [0.25, 0.3) is 5.69 Å². The summed E-state index contributed by atoms with van der Waals surface area (Å²) in [6, 6.07) is 11.1. The van der Waals surface area contributed by atoms with Crippen LogP contribution in [0.15, 0.2) is 46.9 Å². The first-order chi connectivity index (χ1) is 11.6. The highest BCUT2D eigenvalue weighted by Gasteiger charge is 2.14. The fraction of sp³-hybridized carbons (Fsp3) is 0.200. The lowest BCUT2D eigenvalue weighted by Gasteiger charge is -2.11. The van der Waals surface area contributed by atoms with Gasteiger partial charge in [-0.3, -0.25) is 4.79 Å². The van der Waals surface area contributed by atoms with Gasteiger partial charge in [-0.2, -0.15) is 4.68 Å². The Labute approximate surface area is 152 Å². The molecule has 0 aliphatic heterocycles. The molecular weight excluding hydrogens is 366 g/mol. The zero-order valence-electron chi connectivity index (χ0n) is 12.7. The van der Waals surface area contributed by atoms with E-state index in [-0.39, 0.29) is 17.7 Å². The van der Waals surface area contributed by atoms with E-state index in [1.165, 1.54) is 11.8 Å². The summed E-state index contributed by atoms with van der Waals surface area (Å²) in [4.78, 5) is 13.2. The minimum Gasteiger partial charge on any atom is -0.348 e. The Kier molecular flexibility index (Phi) is 5.49. The number of thiophene rings is 1. The molecular formula is C15H14ClN5OS2. The normalized spacial score (nSPS) is 12.1. The minimum absolute atomic E-state index is 0.00893. The summed E-state index contributed by atoms with van der Waals surface area (Å²) in [5, 5.41) is 17.8. The molecule has 1 atom stereocenters. The molecule has 9 heteroatoms. The van der Waals surface area contributed by atoms with Gasteiger partial charge in [0.2, 0.25) is 11.1 Å². The molecule has 0 fully saturated rings. The average Bonchev–Trinajstić information content (AvgIpc) is 3.25. The summed E-state index contributed by atoms with van der Waals surface area (Å²) in [5.74, 6) is 0.176. The zero-order chi connectivity index (χ0) is 16.9. The quantitative estimate of drug-likeness (QED) is 0.665. The molecule has 0 saturated carbocycles. The minimum atomic E-state index is -0.0634.